The Labute approximate surface area is 183 Å². The third-order valence-corrected chi connectivity index (χ3v) is 5.74. The first-order valence-corrected chi connectivity index (χ1v) is 10.1. The SMILES string of the molecule is CC(NC(=O)CN1C(=O)NC(C)(c2ccc(F)c(F)c2)C1=O)c1cccc2ccccc12. The summed E-state index contributed by atoms with van der Waals surface area (Å²) in [7, 11) is 0. The fraction of sp³-hybridized carbons (Fsp3) is 0.208. The number of carbonyl (C=O) groups is 3. The number of imide groups is 1. The van der Waals surface area contributed by atoms with Gasteiger partial charge in [-0.25, -0.2) is 13.6 Å². The van der Waals surface area contributed by atoms with E-state index in [1.165, 1.54) is 13.0 Å². The van der Waals surface area contributed by atoms with Crippen molar-refractivity contribution in [1.82, 2.24) is 15.5 Å². The Morgan fingerprint density at radius 1 is 1.06 bits per heavy atom. The van der Waals surface area contributed by atoms with Gasteiger partial charge >= 0.3 is 6.03 Å². The number of urea groups is 1. The number of nitrogens with one attached hydrogen (secondary N) is 2. The van der Waals surface area contributed by atoms with E-state index in [-0.39, 0.29) is 11.6 Å². The lowest BCUT2D eigenvalue weighted by Gasteiger charge is -2.22. The Morgan fingerprint density at radius 3 is 2.53 bits per heavy atom. The van der Waals surface area contributed by atoms with Gasteiger partial charge in [-0.1, -0.05) is 48.5 Å². The van der Waals surface area contributed by atoms with Crippen molar-refractivity contribution < 1.29 is 23.2 Å². The topological polar surface area (TPSA) is 78.5 Å². The summed E-state index contributed by atoms with van der Waals surface area (Å²) in [6.45, 7) is 2.70. The molecule has 1 heterocycles. The number of halogens is 2. The van der Waals surface area contributed by atoms with Crippen LogP contribution in [-0.2, 0) is 15.1 Å². The summed E-state index contributed by atoms with van der Waals surface area (Å²) in [5.41, 5.74) is -0.616. The monoisotopic (exact) mass is 437 g/mol. The minimum Gasteiger partial charge on any atom is -0.348 e. The molecule has 1 aliphatic rings. The molecule has 164 valence electrons. The van der Waals surface area contributed by atoms with Crippen LogP contribution in [0.1, 0.15) is 31.0 Å². The highest BCUT2D eigenvalue weighted by molar-refractivity contribution is 6.09. The summed E-state index contributed by atoms with van der Waals surface area (Å²) in [5, 5.41) is 7.31. The smallest absolute Gasteiger partial charge is 0.325 e. The number of carbonyl (C=O) groups excluding carboxylic acids is 3. The van der Waals surface area contributed by atoms with Crippen LogP contribution < -0.4 is 10.6 Å². The van der Waals surface area contributed by atoms with E-state index < -0.39 is 41.6 Å². The van der Waals surface area contributed by atoms with E-state index in [1.54, 1.807) is 0 Å². The van der Waals surface area contributed by atoms with Gasteiger partial charge in [0.1, 0.15) is 12.1 Å². The van der Waals surface area contributed by atoms with E-state index in [0.717, 1.165) is 33.4 Å². The van der Waals surface area contributed by atoms with Crippen molar-refractivity contribution in [2.45, 2.75) is 25.4 Å². The van der Waals surface area contributed by atoms with Gasteiger partial charge < -0.3 is 10.6 Å². The first-order chi connectivity index (χ1) is 15.2. The summed E-state index contributed by atoms with van der Waals surface area (Å²) in [6, 6.07) is 15.4. The lowest BCUT2D eigenvalue weighted by Crippen LogP contribution is -2.43. The van der Waals surface area contributed by atoms with Crippen LogP contribution in [0.15, 0.2) is 60.7 Å². The van der Waals surface area contributed by atoms with Crippen molar-refractivity contribution in [3.8, 4) is 0 Å². The van der Waals surface area contributed by atoms with Crippen LogP contribution in [0.3, 0.4) is 0 Å². The van der Waals surface area contributed by atoms with Crippen molar-refractivity contribution in [1.29, 1.82) is 0 Å². The second-order valence-corrected chi connectivity index (χ2v) is 7.93. The summed E-state index contributed by atoms with van der Waals surface area (Å²) >= 11 is 0. The summed E-state index contributed by atoms with van der Waals surface area (Å²) in [6.07, 6.45) is 0. The van der Waals surface area contributed by atoms with E-state index in [9.17, 15) is 23.2 Å². The van der Waals surface area contributed by atoms with Crippen molar-refractivity contribution in [3.05, 3.63) is 83.4 Å². The first kappa shape index (κ1) is 21.4. The Kier molecular flexibility index (Phi) is 5.38. The molecule has 2 N–H and O–H groups in total. The molecular weight excluding hydrogens is 416 g/mol. The van der Waals surface area contributed by atoms with Crippen LogP contribution in [0.25, 0.3) is 10.8 Å². The maximum absolute atomic E-state index is 13.7. The minimum absolute atomic E-state index is 0.0850. The van der Waals surface area contributed by atoms with E-state index in [0.29, 0.717) is 0 Å². The Balaban J connectivity index is 1.50. The number of hydrogen-bond acceptors (Lipinski definition) is 3. The van der Waals surface area contributed by atoms with Gasteiger partial charge in [-0.05, 0) is 47.9 Å². The Hall–Kier alpha value is -3.81. The normalized spacial score (nSPS) is 19.2. The molecule has 0 spiro atoms. The van der Waals surface area contributed by atoms with E-state index in [4.69, 9.17) is 0 Å². The van der Waals surface area contributed by atoms with Gasteiger partial charge in [0, 0.05) is 0 Å². The standard InChI is InChI=1S/C24H21F2N3O3/c1-14(17-9-5-7-15-6-3-4-8-18(15)17)27-21(30)13-29-22(31)24(2,28-23(29)32)16-10-11-19(25)20(26)12-16/h3-12,14H,13H2,1-2H3,(H,27,30)(H,28,32). The first-order valence-electron chi connectivity index (χ1n) is 10.1. The number of amides is 4. The molecular formula is C24H21F2N3O3. The van der Waals surface area contributed by atoms with Gasteiger partial charge in [0.2, 0.25) is 5.91 Å². The van der Waals surface area contributed by atoms with Crippen molar-refractivity contribution in [3.63, 3.8) is 0 Å². The van der Waals surface area contributed by atoms with Crippen LogP contribution in [0.4, 0.5) is 13.6 Å². The summed E-state index contributed by atoms with van der Waals surface area (Å²) in [5.74, 6) is -3.44. The molecule has 32 heavy (non-hydrogen) atoms. The molecule has 3 aromatic carbocycles. The van der Waals surface area contributed by atoms with Crippen LogP contribution in [-0.4, -0.2) is 29.3 Å². The molecule has 2 unspecified atom stereocenters. The molecule has 1 aliphatic heterocycles. The molecule has 2 atom stereocenters. The predicted molar refractivity (Wildman–Crippen MR) is 114 cm³/mol. The largest absolute Gasteiger partial charge is 0.348 e. The average Bonchev–Trinajstić information content (AvgIpc) is 2.99. The number of hydrogen-bond donors (Lipinski definition) is 2. The molecule has 3 aromatic rings. The fourth-order valence-electron chi connectivity index (χ4n) is 3.98. The third-order valence-electron chi connectivity index (χ3n) is 5.74. The summed E-state index contributed by atoms with van der Waals surface area (Å²) < 4.78 is 27.0. The zero-order valence-corrected chi connectivity index (χ0v) is 17.5. The van der Waals surface area contributed by atoms with Gasteiger partial charge in [-0.15, -0.1) is 0 Å². The van der Waals surface area contributed by atoms with Crippen molar-refractivity contribution in [2.24, 2.45) is 0 Å². The van der Waals surface area contributed by atoms with Gasteiger partial charge in [0.15, 0.2) is 11.6 Å². The van der Waals surface area contributed by atoms with Gasteiger partial charge in [-0.3, -0.25) is 14.5 Å². The highest BCUT2D eigenvalue weighted by Crippen LogP contribution is 2.30. The highest BCUT2D eigenvalue weighted by atomic mass is 19.2. The Morgan fingerprint density at radius 2 is 1.78 bits per heavy atom. The lowest BCUT2D eigenvalue weighted by molar-refractivity contribution is -0.135. The maximum atomic E-state index is 13.7. The molecule has 4 rings (SSSR count). The van der Waals surface area contributed by atoms with Crippen LogP contribution in [0, 0.1) is 11.6 Å². The molecule has 0 radical (unpaired) electrons. The van der Waals surface area contributed by atoms with Gasteiger partial charge in [0.25, 0.3) is 5.91 Å². The van der Waals surface area contributed by atoms with E-state index >= 15 is 0 Å². The molecule has 8 heteroatoms. The quantitative estimate of drug-likeness (QED) is 0.597. The van der Waals surface area contributed by atoms with E-state index in [2.05, 4.69) is 10.6 Å². The van der Waals surface area contributed by atoms with Gasteiger partial charge in [-0.2, -0.15) is 0 Å². The molecule has 6 nitrogen and oxygen atoms in total. The second-order valence-electron chi connectivity index (χ2n) is 7.93. The number of nitrogens with zero attached hydrogens (tertiary/aromatic N) is 1. The predicted octanol–water partition coefficient (Wildman–Crippen LogP) is 3.76. The number of rotatable bonds is 5. The molecule has 0 aliphatic carbocycles. The molecule has 1 saturated heterocycles. The van der Waals surface area contributed by atoms with Crippen LogP contribution in [0.5, 0.6) is 0 Å². The maximum Gasteiger partial charge on any atom is 0.325 e. The Bertz CT molecular complexity index is 1240. The zero-order valence-electron chi connectivity index (χ0n) is 17.5. The lowest BCUT2D eigenvalue weighted by atomic mass is 9.92. The number of benzene rings is 3. The molecule has 0 aromatic heterocycles. The summed E-state index contributed by atoms with van der Waals surface area (Å²) in [4.78, 5) is 38.8. The van der Waals surface area contributed by atoms with Gasteiger partial charge in [0.05, 0.1) is 6.04 Å². The molecule has 4 amide bonds. The average molecular weight is 437 g/mol. The number of fused-ring (bicyclic) bond motifs is 1. The van der Waals surface area contributed by atoms with Crippen LogP contribution >= 0.6 is 0 Å². The van der Waals surface area contributed by atoms with Crippen LogP contribution in [0.2, 0.25) is 0 Å². The fourth-order valence-corrected chi connectivity index (χ4v) is 3.98. The minimum atomic E-state index is -1.60. The zero-order chi connectivity index (χ0) is 23.0. The van der Waals surface area contributed by atoms with Crippen molar-refractivity contribution >= 4 is 28.6 Å². The second kappa shape index (κ2) is 8.03. The van der Waals surface area contributed by atoms with E-state index in [1.807, 2.05) is 49.4 Å². The molecule has 0 bridgehead atoms. The third kappa shape index (κ3) is 3.68. The molecule has 0 saturated carbocycles. The van der Waals surface area contributed by atoms with Crippen molar-refractivity contribution in [2.75, 3.05) is 6.54 Å². The highest BCUT2D eigenvalue weighted by Gasteiger charge is 2.49. The molecule has 1 fully saturated rings.